The van der Waals surface area contributed by atoms with E-state index >= 15 is 0 Å². The number of ether oxygens (including phenoxy) is 3. The normalized spacial score (nSPS) is 14.0. The topological polar surface area (TPSA) is 168 Å². The number of hydrogen-bond donors (Lipinski definition) is 5. The number of nitrogens with one attached hydrogen (secondary N) is 3. The summed E-state index contributed by atoms with van der Waals surface area (Å²) in [4.78, 5) is 38.0. The quantitative estimate of drug-likeness (QED) is 0.241. The van der Waals surface area contributed by atoms with E-state index in [4.69, 9.17) is 14.2 Å². The van der Waals surface area contributed by atoms with Gasteiger partial charge in [0.15, 0.2) is 11.5 Å². The summed E-state index contributed by atoms with van der Waals surface area (Å²) >= 11 is 0. The standard InChI is InChI=1S/C26H32N4O8/c1-15-9-21-22(37-14-36-21)11-17(15)12-27-30-24(34)19(10-16-5-7-18(32)8-6-16)28-23(33)20(13-31)29-25(35)38-26(2,3)4/h5-9,11-12,19-20,31-32H,10,13-14H2,1-4H3,(H,28,33)(H,29,35)(H,30,34)/b27-12-/t19-,20-/m0/s1. The molecule has 0 radical (unpaired) electrons. The zero-order valence-corrected chi connectivity index (χ0v) is 21.6. The number of phenols is 1. The highest BCUT2D eigenvalue weighted by Gasteiger charge is 2.28. The molecule has 2 aromatic carbocycles. The fraction of sp³-hybridized carbons (Fsp3) is 0.385. The summed E-state index contributed by atoms with van der Waals surface area (Å²) in [6.45, 7) is 6.23. The van der Waals surface area contributed by atoms with Gasteiger partial charge in [-0.1, -0.05) is 12.1 Å². The van der Waals surface area contributed by atoms with Crippen LogP contribution >= 0.6 is 0 Å². The fourth-order valence-electron chi connectivity index (χ4n) is 3.44. The molecule has 0 bridgehead atoms. The number of aliphatic hydroxyl groups is 1. The van der Waals surface area contributed by atoms with E-state index in [0.29, 0.717) is 22.6 Å². The maximum Gasteiger partial charge on any atom is 0.408 e. The molecule has 0 fully saturated rings. The van der Waals surface area contributed by atoms with Gasteiger partial charge < -0.3 is 35.1 Å². The van der Waals surface area contributed by atoms with Crippen molar-refractivity contribution in [2.24, 2.45) is 5.10 Å². The first kappa shape index (κ1) is 28.3. The minimum absolute atomic E-state index is 0.0427. The van der Waals surface area contributed by atoms with Crippen LogP contribution in [0.2, 0.25) is 0 Å². The van der Waals surface area contributed by atoms with Crippen LogP contribution in [0.25, 0.3) is 0 Å². The number of carbonyl (C=O) groups excluding carboxylic acids is 3. The van der Waals surface area contributed by atoms with E-state index in [2.05, 4.69) is 21.2 Å². The second-order valence-corrected chi connectivity index (χ2v) is 9.61. The Bertz CT molecular complexity index is 1190. The van der Waals surface area contributed by atoms with E-state index in [1.165, 1.54) is 18.3 Å². The Labute approximate surface area is 220 Å². The van der Waals surface area contributed by atoms with Crippen molar-refractivity contribution in [3.8, 4) is 17.2 Å². The first-order chi connectivity index (χ1) is 17.9. The van der Waals surface area contributed by atoms with Gasteiger partial charge in [0, 0.05) is 12.0 Å². The molecule has 3 rings (SSSR count). The summed E-state index contributed by atoms with van der Waals surface area (Å²) < 4.78 is 15.8. The van der Waals surface area contributed by atoms with Gasteiger partial charge in [-0.15, -0.1) is 0 Å². The highest BCUT2D eigenvalue weighted by atomic mass is 16.7. The lowest BCUT2D eigenvalue weighted by molar-refractivity contribution is -0.130. The Morgan fingerprint density at radius 1 is 1.05 bits per heavy atom. The van der Waals surface area contributed by atoms with E-state index in [1.54, 1.807) is 45.0 Å². The number of aliphatic hydroxyl groups excluding tert-OH is 1. The number of hydrazone groups is 1. The van der Waals surface area contributed by atoms with Crippen molar-refractivity contribution in [2.45, 2.75) is 51.8 Å². The van der Waals surface area contributed by atoms with Crippen LogP contribution in [0.4, 0.5) is 4.79 Å². The molecule has 0 saturated carbocycles. The Balaban J connectivity index is 1.71. The molecule has 0 aliphatic carbocycles. The van der Waals surface area contributed by atoms with Gasteiger partial charge in [0.1, 0.15) is 23.4 Å². The summed E-state index contributed by atoms with van der Waals surface area (Å²) in [5, 5.41) is 28.1. The van der Waals surface area contributed by atoms with Gasteiger partial charge >= 0.3 is 6.09 Å². The van der Waals surface area contributed by atoms with Crippen molar-refractivity contribution in [1.82, 2.24) is 16.1 Å². The van der Waals surface area contributed by atoms with E-state index in [-0.39, 0.29) is 19.0 Å². The van der Waals surface area contributed by atoms with E-state index in [0.717, 1.165) is 5.56 Å². The number of aryl methyl sites for hydroxylation is 1. The Morgan fingerprint density at radius 2 is 1.71 bits per heavy atom. The van der Waals surface area contributed by atoms with Crippen LogP contribution in [0.15, 0.2) is 41.5 Å². The molecule has 0 aromatic heterocycles. The Hall–Kier alpha value is -4.32. The number of rotatable bonds is 9. The fourth-order valence-corrected chi connectivity index (χ4v) is 3.44. The lowest BCUT2D eigenvalue weighted by Crippen LogP contribution is -2.55. The zero-order chi connectivity index (χ0) is 27.9. The number of benzene rings is 2. The van der Waals surface area contributed by atoms with Gasteiger partial charge in [-0.2, -0.15) is 5.10 Å². The van der Waals surface area contributed by atoms with Crippen LogP contribution < -0.4 is 25.5 Å². The molecule has 204 valence electrons. The summed E-state index contributed by atoms with van der Waals surface area (Å²) in [6, 6.07) is 7.15. The molecule has 12 nitrogen and oxygen atoms in total. The number of aromatic hydroxyl groups is 1. The number of fused-ring (bicyclic) bond motifs is 1. The molecule has 1 aliphatic rings. The third-order valence-corrected chi connectivity index (χ3v) is 5.34. The lowest BCUT2D eigenvalue weighted by atomic mass is 10.0. The smallest absolute Gasteiger partial charge is 0.408 e. The molecular formula is C26H32N4O8. The summed E-state index contributed by atoms with van der Waals surface area (Å²) in [5.74, 6) is -0.209. The van der Waals surface area contributed by atoms with E-state index in [9.17, 15) is 24.6 Å². The average Bonchev–Trinajstić information content (AvgIpc) is 3.29. The number of nitrogens with zero attached hydrogens (tertiary/aromatic N) is 1. The van der Waals surface area contributed by atoms with E-state index < -0.39 is 42.2 Å². The number of alkyl carbamates (subject to hydrolysis) is 1. The summed E-state index contributed by atoms with van der Waals surface area (Å²) in [6.07, 6.45) is 0.589. The first-order valence-corrected chi connectivity index (χ1v) is 11.9. The van der Waals surface area contributed by atoms with Crippen LogP contribution in [0, 0.1) is 6.92 Å². The summed E-state index contributed by atoms with van der Waals surface area (Å²) in [7, 11) is 0. The number of hydrogen-bond acceptors (Lipinski definition) is 9. The van der Waals surface area contributed by atoms with Crippen LogP contribution in [-0.4, -0.2) is 65.4 Å². The van der Waals surface area contributed by atoms with Gasteiger partial charge in [0.05, 0.1) is 12.8 Å². The number of amides is 3. The first-order valence-electron chi connectivity index (χ1n) is 11.9. The van der Waals surface area contributed by atoms with Crippen LogP contribution in [0.5, 0.6) is 17.2 Å². The second-order valence-electron chi connectivity index (χ2n) is 9.61. The molecule has 0 spiro atoms. The molecule has 0 unspecified atom stereocenters. The Kier molecular flexibility index (Phi) is 9.13. The third-order valence-electron chi connectivity index (χ3n) is 5.34. The molecule has 1 heterocycles. The predicted molar refractivity (Wildman–Crippen MR) is 137 cm³/mol. The molecular weight excluding hydrogens is 496 g/mol. The maximum atomic E-state index is 13.0. The SMILES string of the molecule is Cc1cc2c(cc1/C=N\NC(=O)[C@H](Cc1ccc(O)cc1)NC(=O)[C@H](CO)NC(=O)OC(C)(C)C)OCO2. The monoisotopic (exact) mass is 528 g/mol. The van der Waals surface area contributed by atoms with Gasteiger partial charge in [-0.3, -0.25) is 9.59 Å². The highest BCUT2D eigenvalue weighted by Crippen LogP contribution is 2.34. The van der Waals surface area contributed by atoms with Crippen LogP contribution in [0.1, 0.15) is 37.5 Å². The van der Waals surface area contributed by atoms with Crippen LogP contribution in [-0.2, 0) is 20.7 Å². The predicted octanol–water partition coefficient (Wildman–Crippen LogP) is 1.49. The van der Waals surface area contributed by atoms with Gasteiger partial charge in [-0.25, -0.2) is 10.2 Å². The van der Waals surface area contributed by atoms with Crippen molar-refractivity contribution in [1.29, 1.82) is 0 Å². The van der Waals surface area contributed by atoms with Gasteiger partial charge in [-0.05, 0) is 63.1 Å². The van der Waals surface area contributed by atoms with Crippen LogP contribution in [0.3, 0.4) is 0 Å². The molecule has 3 amide bonds. The maximum absolute atomic E-state index is 13.0. The largest absolute Gasteiger partial charge is 0.508 e. The van der Waals surface area contributed by atoms with Crippen molar-refractivity contribution >= 4 is 24.1 Å². The number of carbonyl (C=O) groups is 3. The van der Waals surface area contributed by atoms with Crippen molar-refractivity contribution < 1.29 is 38.8 Å². The van der Waals surface area contributed by atoms with Gasteiger partial charge in [0.25, 0.3) is 5.91 Å². The highest BCUT2D eigenvalue weighted by molar-refractivity contribution is 5.92. The minimum Gasteiger partial charge on any atom is -0.508 e. The van der Waals surface area contributed by atoms with Crippen molar-refractivity contribution in [3.05, 3.63) is 53.1 Å². The molecule has 12 heteroatoms. The molecule has 2 aromatic rings. The molecule has 38 heavy (non-hydrogen) atoms. The zero-order valence-electron chi connectivity index (χ0n) is 21.6. The molecule has 1 aliphatic heterocycles. The Morgan fingerprint density at radius 3 is 2.34 bits per heavy atom. The minimum atomic E-state index is -1.36. The number of phenolic OH excluding ortho intramolecular Hbond substituents is 1. The van der Waals surface area contributed by atoms with Crippen molar-refractivity contribution in [3.63, 3.8) is 0 Å². The second kappa shape index (κ2) is 12.3. The lowest BCUT2D eigenvalue weighted by Gasteiger charge is -2.24. The molecule has 2 atom stereocenters. The van der Waals surface area contributed by atoms with Gasteiger partial charge in [0.2, 0.25) is 12.7 Å². The molecule has 5 N–H and O–H groups in total. The summed E-state index contributed by atoms with van der Waals surface area (Å²) in [5.41, 5.74) is 3.78. The van der Waals surface area contributed by atoms with Crippen molar-refractivity contribution in [2.75, 3.05) is 13.4 Å². The molecule has 0 saturated heterocycles. The average molecular weight is 529 g/mol. The van der Waals surface area contributed by atoms with E-state index in [1.807, 2.05) is 6.92 Å². The third kappa shape index (κ3) is 8.10.